The zero-order chi connectivity index (χ0) is 13.5. The van der Waals surface area contributed by atoms with Crippen molar-refractivity contribution in [3.8, 4) is 0 Å². The number of hydrogen-bond acceptors (Lipinski definition) is 4. The summed E-state index contributed by atoms with van der Waals surface area (Å²) in [5, 5.41) is 3.24. The third kappa shape index (κ3) is 3.86. The lowest BCUT2D eigenvalue weighted by atomic mass is 10.1. The molecule has 0 saturated heterocycles. The molecule has 18 heavy (non-hydrogen) atoms. The monoisotopic (exact) mass is 250 g/mol. The Morgan fingerprint density at radius 1 is 1.33 bits per heavy atom. The SMILES string of the molecule is CCCNc1ncc(C)c(N(C)C(C)CCC)n1. The van der Waals surface area contributed by atoms with E-state index in [1.54, 1.807) is 0 Å². The first-order valence-corrected chi connectivity index (χ1v) is 6.90. The van der Waals surface area contributed by atoms with Gasteiger partial charge in [0.2, 0.25) is 5.95 Å². The molecule has 0 radical (unpaired) electrons. The molecule has 1 aromatic heterocycles. The van der Waals surface area contributed by atoms with E-state index in [0.29, 0.717) is 6.04 Å². The van der Waals surface area contributed by atoms with Crippen molar-refractivity contribution >= 4 is 11.8 Å². The molecule has 102 valence electrons. The van der Waals surface area contributed by atoms with Gasteiger partial charge in [-0.2, -0.15) is 4.98 Å². The highest BCUT2D eigenvalue weighted by molar-refractivity contribution is 5.49. The van der Waals surface area contributed by atoms with E-state index in [2.05, 4.69) is 54.9 Å². The Morgan fingerprint density at radius 2 is 2.06 bits per heavy atom. The van der Waals surface area contributed by atoms with Gasteiger partial charge in [0.1, 0.15) is 5.82 Å². The molecule has 0 saturated carbocycles. The number of anilines is 2. The second-order valence-electron chi connectivity index (χ2n) is 4.88. The molecule has 0 fully saturated rings. The number of aryl methyl sites for hydroxylation is 1. The van der Waals surface area contributed by atoms with Crippen LogP contribution in [0.5, 0.6) is 0 Å². The van der Waals surface area contributed by atoms with Crippen LogP contribution in [0.3, 0.4) is 0 Å². The van der Waals surface area contributed by atoms with E-state index in [4.69, 9.17) is 0 Å². The van der Waals surface area contributed by atoms with Crippen molar-refractivity contribution in [1.29, 1.82) is 0 Å². The van der Waals surface area contributed by atoms with Crippen molar-refractivity contribution in [3.63, 3.8) is 0 Å². The van der Waals surface area contributed by atoms with Crippen LogP contribution in [0.2, 0.25) is 0 Å². The van der Waals surface area contributed by atoms with E-state index in [0.717, 1.165) is 30.3 Å². The topological polar surface area (TPSA) is 41.1 Å². The first-order chi connectivity index (χ1) is 8.60. The fourth-order valence-corrected chi connectivity index (χ4v) is 1.93. The lowest BCUT2D eigenvalue weighted by Crippen LogP contribution is -2.30. The molecular formula is C14H26N4. The third-order valence-electron chi connectivity index (χ3n) is 3.18. The van der Waals surface area contributed by atoms with Gasteiger partial charge >= 0.3 is 0 Å². The van der Waals surface area contributed by atoms with Crippen LogP contribution in [-0.4, -0.2) is 29.6 Å². The molecule has 1 rings (SSSR count). The molecule has 4 nitrogen and oxygen atoms in total. The standard InChI is InChI=1S/C14H26N4/c1-6-8-12(4)18(5)13-11(3)10-16-14(17-13)15-9-7-2/h10,12H,6-9H2,1-5H3,(H,15,16,17). The fraction of sp³-hybridized carbons (Fsp3) is 0.714. The number of nitrogens with zero attached hydrogens (tertiary/aromatic N) is 3. The van der Waals surface area contributed by atoms with Gasteiger partial charge in [-0.1, -0.05) is 20.3 Å². The number of rotatable bonds is 7. The van der Waals surface area contributed by atoms with Crippen LogP contribution in [0, 0.1) is 6.92 Å². The Kier molecular flexibility index (Phi) is 5.89. The molecule has 0 aliphatic carbocycles. The molecule has 0 amide bonds. The van der Waals surface area contributed by atoms with Crippen LogP contribution in [0.25, 0.3) is 0 Å². The van der Waals surface area contributed by atoms with Crippen LogP contribution in [0.15, 0.2) is 6.20 Å². The Balaban J connectivity index is 2.85. The van der Waals surface area contributed by atoms with Crippen molar-refractivity contribution in [1.82, 2.24) is 9.97 Å². The van der Waals surface area contributed by atoms with Crippen molar-refractivity contribution in [3.05, 3.63) is 11.8 Å². The molecule has 0 aliphatic heterocycles. The molecule has 0 aromatic carbocycles. The summed E-state index contributed by atoms with van der Waals surface area (Å²) < 4.78 is 0. The van der Waals surface area contributed by atoms with Crippen molar-refractivity contribution in [2.75, 3.05) is 23.8 Å². The van der Waals surface area contributed by atoms with Gasteiger partial charge in [-0.3, -0.25) is 0 Å². The molecule has 1 N–H and O–H groups in total. The first-order valence-electron chi connectivity index (χ1n) is 6.90. The van der Waals surface area contributed by atoms with Gasteiger partial charge in [-0.25, -0.2) is 4.98 Å². The Morgan fingerprint density at radius 3 is 2.67 bits per heavy atom. The highest BCUT2D eigenvalue weighted by Gasteiger charge is 2.13. The van der Waals surface area contributed by atoms with E-state index in [9.17, 15) is 0 Å². The summed E-state index contributed by atoms with van der Waals surface area (Å²) in [6.45, 7) is 9.57. The average molecular weight is 250 g/mol. The largest absolute Gasteiger partial charge is 0.357 e. The van der Waals surface area contributed by atoms with E-state index < -0.39 is 0 Å². The molecular weight excluding hydrogens is 224 g/mol. The summed E-state index contributed by atoms with van der Waals surface area (Å²) in [5.41, 5.74) is 1.13. The Bertz CT molecular complexity index is 365. The highest BCUT2D eigenvalue weighted by Crippen LogP contribution is 2.20. The number of aromatic nitrogens is 2. The molecule has 1 atom stereocenters. The average Bonchev–Trinajstić information content (AvgIpc) is 2.37. The van der Waals surface area contributed by atoms with Crippen LogP contribution >= 0.6 is 0 Å². The van der Waals surface area contributed by atoms with E-state index in [1.165, 1.54) is 12.8 Å². The van der Waals surface area contributed by atoms with Gasteiger partial charge < -0.3 is 10.2 Å². The summed E-state index contributed by atoms with van der Waals surface area (Å²) in [6, 6.07) is 0.502. The summed E-state index contributed by atoms with van der Waals surface area (Å²) in [4.78, 5) is 11.2. The second kappa shape index (κ2) is 7.19. The normalized spacial score (nSPS) is 12.3. The first kappa shape index (κ1) is 14.7. The highest BCUT2D eigenvalue weighted by atomic mass is 15.2. The zero-order valence-corrected chi connectivity index (χ0v) is 12.3. The maximum Gasteiger partial charge on any atom is 0.224 e. The fourth-order valence-electron chi connectivity index (χ4n) is 1.93. The van der Waals surface area contributed by atoms with E-state index in [1.807, 2.05) is 6.20 Å². The predicted octanol–water partition coefficient (Wildman–Crippen LogP) is 3.23. The molecule has 1 heterocycles. The molecule has 4 heteroatoms. The third-order valence-corrected chi connectivity index (χ3v) is 3.18. The minimum absolute atomic E-state index is 0.502. The zero-order valence-electron chi connectivity index (χ0n) is 12.3. The quantitative estimate of drug-likeness (QED) is 0.806. The van der Waals surface area contributed by atoms with Crippen LogP contribution in [0.4, 0.5) is 11.8 Å². The summed E-state index contributed by atoms with van der Waals surface area (Å²) in [7, 11) is 2.11. The Hall–Kier alpha value is -1.32. The van der Waals surface area contributed by atoms with Gasteiger partial charge in [0.05, 0.1) is 0 Å². The molecule has 0 spiro atoms. The smallest absolute Gasteiger partial charge is 0.224 e. The second-order valence-corrected chi connectivity index (χ2v) is 4.88. The molecule has 0 aliphatic rings. The molecule has 1 unspecified atom stereocenters. The van der Waals surface area contributed by atoms with Crippen LogP contribution in [0.1, 0.15) is 45.6 Å². The van der Waals surface area contributed by atoms with Crippen molar-refractivity contribution in [2.45, 2.75) is 53.0 Å². The molecule has 1 aromatic rings. The van der Waals surface area contributed by atoms with Crippen molar-refractivity contribution < 1.29 is 0 Å². The molecule has 0 bridgehead atoms. The maximum atomic E-state index is 4.62. The van der Waals surface area contributed by atoms with Crippen LogP contribution in [-0.2, 0) is 0 Å². The van der Waals surface area contributed by atoms with Gasteiger partial charge in [-0.05, 0) is 26.7 Å². The lowest BCUT2D eigenvalue weighted by Gasteiger charge is -2.27. The lowest BCUT2D eigenvalue weighted by molar-refractivity contribution is 0.609. The maximum absolute atomic E-state index is 4.62. The predicted molar refractivity (Wildman–Crippen MR) is 78.3 cm³/mol. The summed E-state index contributed by atoms with van der Waals surface area (Å²) >= 11 is 0. The van der Waals surface area contributed by atoms with Gasteiger partial charge in [0, 0.05) is 31.4 Å². The van der Waals surface area contributed by atoms with Crippen LogP contribution < -0.4 is 10.2 Å². The minimum atomic E-state index is 0.502. The van der Waals surface area contributed by atoms with E-state index >= 15 is 0 Å². The van der Waals surface area contributed by atoms with E-state index in [-0.39, 0.29) is 0 Å². The van der Waals surface area contributed by atoms with Gasteiger partial charge in [0.25, 0.3) is 0 Å². The number of hydrogen-bond donors (Lipinski definition) is 1. The Labute approximate surface area is 111 Å². The number of nitrogens with one attached hydrogen (secondary N) is 1. The minimum Gasteiger partial charge on any atom is -0.357 e. The summed E-state index contributed by atoms with van der Waals surface area (Å²) in [6.07, 6.45) is 5.35. The van der Waals surface area contributed by atoms with Gasteiger partial charge in [0.15, 0.2) is 0 Å². The summed E-state index contributed by atoms with van der Waals surface area (Å²) in [5.74, 6) is 1.76. The van der Waals surface area contributed by atoms with Gasteiger partial charge in [-0.15, -0.1) is 0 Å². The van der Waals surface area contributed by atoms with Crippen molar-refractivity contribution in [2.24, 2.45) is 0 Å².